The van der Waals surface area contributed by atoms with Crippen LogP contribution >= 0.6 is 0 Å². The van der Waals surface area contributed by atoms with Gasteiger partial charge in [-0.3, -0.25) is 10.2 Å². The molecule has 6 nitrogen and oxygen atoms in total. The average molecular weight is 288 g/mol. The molecule has 0 radical (unpaired) electrons. The predicted octanol–water partition coefficient (Wildman–Crippen LogP) is 1.74. The van der Waals surface area contributed by atoms with Crippen molar-refractivity contribution in [1.82, 2.24) is 4.98 Å². The largest absolute Gasteiger partial charge is 0.481 e. The van der Waals surface area contributed by atoms with E-state index < -0.39 is 0 Å². The third-order valence-electron chi connectivity index (χ3n) is 4.18. The van der Waals surface area contributed by atoms with Crippen molar-refractivity contribution in [2.24, 2.45) is 17.1 Å². The molecule has 4 N–H and O–H groups in total. The van der Waals surface area contributed by atoms with Crippen molar-refractivity contribution < 1.29 is 9.53 Å². The van der Waals surface area contributed by atoms with Crippen molar-refractivity contribution in [3.05, 3.63) is 23.9 Å². The molecule has 2 atom stereocenters. The van der Waals surface area contributed by atoms with Crippen LogP contribution < -0.4 is 10.5 Å². The average Bonchev–Trinajstić information content (AvgIpc) is 3.01. The number of ketones is 1. The number of amidine groups is 1. The molecule has 0 aliphatic heterocycles. The molecule has 0 spiro atoms. The van der Waals surface area contributed by atoms with Crippen molar-refractivity contribution >= 4 is 17.3 Å². The Kier molecular flexibility index (Phi) is 3.80. The van der Waals surface area contributed by atoms with Crippen molar-refractivity contribution in [2.75, 3.05) is 7.11 Å². The second-order valence-corrected chi connectivity index (χ2v) is 5.91. The molecule has 0 bridgehead atoms. The highest BCUT2D eigenvalue weighted by atomic mass is 16.5. The van der Waals surface area contributed by atoms with Gasteiger partial charge in [0.1, 0.15) is 11.6 Å². The first kappa shape index (κ1) is 15.2. The van der Waals surface area contributed by atoms with Crippen LogP contribution in [0.4, 0.5) is 0 Å². The summed E-state index contributed by atoms with van der Waals surface area (Å²) in [6.45, 7) is 4.04. The molecular formula is C15H20N4O2. The number of pyridine rings is 1. The summed E-state index contributed by atoms with van der Waals surface area (Å²) < 4.78 is 5.27. The van der Waals surface area contributed by atoms with Crippen LogP contribution in [0.15, 0.2) is 18.3 Å². The van der Waals surface area contributed by atoms with Gasteiger partial charge in [-0.2, -0.15) is 0 Å². The molecular weight excluding hydrogens is 268 g/mol. The van der Waals surface area contributed by atoms with Gasteiger partial charge in [-0.1, -0.05) is 19.9 Å². The molecule has 0 saturated heterocycles. The minimum absolute atomic E-state index is 0.0217. The van der Waals surface area contributed by atoms with Gasteiger partial charge in [0.15, 0.2) is 0 Å². The summed E-state index contributed by atoms with van der Waals surface area (Å²) in [7, 11) is 1.56. The molecule has 6 heteroatoms. The fourth-order valence-electron chi connectivity index (χ4n) is 3.01. The van der Waals surface area contributed by atoms with Crippen LogP contribution in [0, 0.1) is 22.2 Å². The Balaban J connectivity index is 2.21. The van der Waals surface area contributed by atoms with Crippen LogP contribution in [0.2, 0.25) is 0 Å². The molecule has 2 rings (SSSR count). The van der Waals surface area contributed by atoms with Crippen LogP contribution in [-0.4, -0.2) is 29.4 Å². The van der Waals surface area contributed by atoms with Gasteiger partial charge < -0.3 is 15.9 Å². The lowest BCUT2D eigenvalue weighted by Crippen LogP contribution is -2.25. The van der Waals surface area contributed by atoms with Gasteiger partial charge in [-0.25, -0.2) is 4.98 Å². The number of rotatable bonds is 6. The zero-order chi connectivity index (χ0) is 15.8. The third-order valence-corrected chi connectivity index (χ3v) is 4.18. The van der Waals surface area contributed by atoms with E-state index >= 15 is 0 Å². The van der Waals surface area contributed by atoms with E-state index in [4.69, 9.17) is 21.3 Å². The number of nitrogens with one attached hydrogen (secondary N) is 2. The first-order valence-electron chi connectivity index (χ1n) is 6.74. The van der Waals surface area contributed by atoms with Crippen molar-refractivity contribution in [3.63, 3.8) is 0 Å². The maximum Gasteiger partial charge on any atom is 0.216 e. The van der Waals surface area contributed by atoms with E-state index in [1.54, 1.807) is 13.3 Å². The fourth-order valence-corrected chi connectivity index (χ4v) is 3.01. The smallest absolute Gasteiger partial charge is 0.216 e. The molecule has 21 heavy (non-hydrogen) atoms. The number of nitrogens with two attached hydrogens (primary N) is 1. The number of nitrogens with zero attached hydrogens (tertiary/aromatic N) is 1. The van der Waals surface area contributed by atoms with Gasteiger partial charge in [0, 0.05) is 23.6 Å². The number of ether oxygens (including phenoxy) is 1. The highest BCUT2D eigenvalue weighted by molar-refractivity contribution is 6.41. The van der Waals surface area contributed by atoms with Crippen LogP contribution in [-0.2, 0) is 4.79 Å². The van der Waals surface area contributed by atoms with Crippen molar-refractivity contribution in [1.29, 1.82) is 10.8 Å². The Bertz CT molecular complexity index is 609. The number of hydrogen-bond donors (Lipinski definition) is 3. The first-order valence-corrected chi connectivity index (χ1v) is 6.74. The number of Topliss-reactive ketones (excluding diaryl/α,β-unsaturated/α-hetero) is 1. The van der Waals surface area contributed by atoms with Gasteiger partial charge >= 0.3 is 0 Å². The van der Waals surface area contributed by atoms with Crippen LogP contribution in [0.1, 0.15) is 31.7 Å². The van der Waals surface area contributed by atoms with Gasteiger partial charge in [0.2, 0.25) is 5.88 Å². The van der Waals surface area contributed by atoms with Gasteiger partial charge in [-0.05, 0) is 11.5 Å². The SMILES string of the molecule is COc1ncccc1[C@@H]1C(C(=O)CC(=N)C(=N)N)C1(C)C. The summed E-state index contributed by atoms with van der Waals surface area (Å²) in [5.74, 6) is -0.0513. The lowest BCUT2D eigenvalue weighted by Gasteiger charge is -2.07. The topological polar surface area (TPSA) is 113 Å². The molecule has 1 fully saturated rings. The van der Waals surface area contributed by atoms with E-state index in [1.807, 2.05) is 26.0 Å². The van der Waals surface area contributed by atoms with E-state index in [9.17, 15) is 4.79 Å². The zero-order valence-corrected chi connectivity index (χ0v) is 12.4. The maximum atomic E-state index is 12.4. The van der Waals surface area contributed by atoms with E-state index in [-0.39, 0.29) is 41.0 Å². The van der Waals surface area contributed by atoms with Gasteiger partial charge in [0.25, 0.3) is 0 Å². The Labute approximate surface area is 123 Å². The second kappa shape index (κ2) is 5.27. The van der Waals surface area contributed by atoms with E-state index in [1.165, 1.54) is 0 Å². The molecule has 112 valence electrons. The number of aromatic nitrogens is 1. The Morgan fingerprint density at radius 3 is 2.71 bits per heavy atom. The molecule has 1 aliphatic carbocycles. The third kappa shape index (κ3) is 2.66. The number of carbonyl (C=O) groups is 1. The molecule has 0 aromatic carbocycles. The highest BCUT2D eigenvalue weighted by Gasteiger charge is 2.62. The lowest BCUT2D eigenvalue weighted by molar-refractivity contribution is -0.119. The number of carbonyl (C=O) groups excluding carboxylic acids is 1. The van der Waals surface area contributed by atoms with Gasteiger partial charge in [-0.15, -0.1) is 0 Å². The minimum Gasteiger partial charge on any atom is -0.481 e. The minimum atomic E-state index is -0.350. The Morgan fingerprint density at radius 1 is 1.48 bits per heavy atom. The Hall–Kier alpha value is -2.24. The predicted molar refractivity (Wildman–Crippen MR) is 80.1 cm³/mol. The molecule has 1 unspecified atom stereocenters. The monoisotopic (exact) mass is 288 g/mol. The number of methoxy groups -OCH3 is 1. The first-order chi connectivity index (χ1) is 9.80. The molecule has 1 aromatic heterocycles. The van der Waals surface area contributed by atoms with Crippen molar-refractivity contribution in [2.45, 2.75) is 26.2 Å². The summed E-state index contributed by atoms with van der Waals surface area (Å²) in [5, 5.41) is 14.8. The van der Waals surface area contributed by atoms with Gasteiger partial charge in [0.05, 0.1) is 19.2 Å². The van der Waals surface area contributed by atoms with Crippen LogP contribution in [0.5, 0.6) is 5.88 Å². The summed E-state index contributed by atoms with van der Waals surface area (Å²) in [6, 6.07) is 3.74. The Morgan fingerprint density at radius 2 is 2.14 bits per heavy atom. The van der Waals surface area contributed by atoms with Crippen LogP contribution in [0.3, 0.4) is 0 Å². The highest BCUT2D eigenvalue weighted by Crippen LogP contribution is 2.66. The molecule has 1 heterocycles. The van der Waals surface area contributed by atoms with Crippen LogP contribution in [0.25, 0.3) is 0 Å². The number of hydrogen-bond acceptors (Lipinski definition) is 5. The van der Waals surface area contributed by atoms with E-state index in [0.29, 0.717) is 5.88 Å². The maximum absolute atomic E-state index is 12.4. The van der Waals surface area contributed by atoms with E-state index in [0.717, 1.165) is 5.56 Å². The van der Waals surface area contributed by atoms with Crippen molar-refractivity contribution in [3.8, 4) is 5.88 Å². The zero-order valence-electron chi connectivity index (χ0n) is 12.4. The summed E-state index contributed by atoms with van der Waals surface area (Å²) in [5.41, 5.74) is 5.83. The summed E-state index contributed by atoms with van der Waals surface area (Å²) >= 11 is 0. The second-order valence-electron chi connectivity index (χ2n) is 5.91. The molecule has 1 aromatic rings. The standard InChI is InChI=1S/C15H20N4O2/c1-15(2)11(8-5-4-6-19-14(8)21-3)12(15)10(20)7-9(16)13(17)18/h4-6,11-12,16H,7H2,1-3H3,(H3,17,18)/t11-,12?/m1/s1. The quantitative estimate of drug-likeness (QED) is 0.546. The molecule has 0 amide bonds. The fraction of sp³-hybridized carbons (Fsp3) is 0.467. The summed E-state index contributed by atoms with van der Waals surface area (Å²) in [6.07, 6.45) is 1.56. The molecule has 1 aliphatic rings. The molecule has 1 saturated carbocycles. The summed E-state index contributed by atoms with van der Waals surface area (Å²) in [4.78, 5) is 16.5. The lowest BCUT2D eigenvalue weighted by atomic mass is 10.0. The van der Waals surface area contributed by atoms with E-state index in [2.05, 4.69) is 4.98 Å². The normalized spacial score (nSPS) is 22.4.